The van der Waals surface area contributed by atoms with Crippen LogP contribution < -0.4 is 0 Å². The Hall–Kier alpha value is 0.691. The Bertz CT molecular complexity index is 112. The van der Waals surface area contributed by atoms with Crippen molar-refractivity contribution in [1.82, 2.24) is 0 Å². The van der Waals surface area contributed by atoms with Gasteiger partial charge in [-0.25, -0.2) is 0 Å². The molecule has 0 spiro atoms. The molecule has 0 saturated carbocycles. The zero-order chi connectivity index (χ0) is 6.74. The summed E-state index contributed by atoms with van der Waals surface area (Å²) in [6.07, 6.45) is 3.44. The van der Waals surface area contributed by atoms with E-state index in [2.05, 4.69) is 0 Å². The summed E-state index contributed by atoms with van der Waals surface area (Å²) in [5.41, 5.74) is 0. The van der Waals surface area contributed by atoms with Crippen molar-refractivity contribution >= 4 is 10.2 Å². The predicted molar refractivity (Wildman–Crippen MR) is 33.2 cm³/mol. The third-order valence-corrected chi connectivity index (χ3v) is 4.61. The van der Waals surface area contributed by atoms with Crippen LogP contribution in [0, 0.1) is 0 Å². The average molecular weight is 179 g/mol. The molecule has 0 aromatic carbocycles. The number of hydrogen-bond acceptors (Lipinski definition) is 2. The molecule has 2 nitrogen and oxygen atoms in total. The molecule has 1 aliphatic heterocycles. The zero-order valence-electron chi connectivity index (χ0n) is 5.64. The normalized spacial score (nSPS) is 36.0. The fourth-order valence-corrected chi connectivity index (χ4v) is 2.26. The summed E-state index contributed by atoms with van der Waals surface area (Å²) in [6, 6.07) is 0. The Morgan fingerprint density at radius 1 is 1.56 bits per heavy atom. The van der Waals surface area contributed by atoms with Gasteiger partial charge in [-0.15, -0.1) is 0 Å². The number of ether oxygens (including phenoxy) is 1. The van der Waals surface area contributed by atoms with E-state index in [4.69, 9.17) is 4.74 Å². The quantitative estimate of drug-likeness (QED) is 0.513. The van der Waals surface area contributed by atoms with Crippen LogP contribution in [0.5, 0.6) is 0 Å². The van der Waals surface area contributed by atoms with Crippen LogP contribution in [0.4, 0.5) is 0 Å². The minimum atomic E-state index is -1.03. The van der Waals surface area contributed by atoms with Crippen molar-refractivity contribution < 1.29 is 27.2 Å². The summed E-state index contributed by atoms with van der Waals surface area (Å²) >= 11 is -1.03. The third kappa shape index (κ3) is 2.08. The van der Waals surface area contributed by atoms with Gasteiger partial charge < -0.3 is 0 Å². The van der Waals surface area contributed by atoms with E-state index in [1.807, 2.05) is 0 Å². The van der Waals surface area contributed by atoms with Crippen molar-refractivity contribution in [1.29, 1.82) is 0 Å². The number of rotatable bonds is 1. The van der Waals surface area contributed by atoms with Gasteiger partial charge in [-0.05, 0) is 0 Å². The molecule has 4 heteroatoms. The van der Waals surface area contributed by atoms with E-state index in [1.54, 1.807) is 0 Å². The first-order valence-corrected chi connectivity index (χ1v) is 5.72. The fourth-order valence-electron chi connectivity index (χ4n) is 1.01. The van der Waals surface area contributed by atoms with Crippen molar-refractivity contribution in [3.05, 3.63) is 0 Å². The van der Waals surface area contributed by atoms with Gasteiger partial charge in [0.1, 0.15) is 0 Å². The summed E-state index contributed by atoms with van der Waals surface area (Å²) in [5.74, 6) is 0. The summed E-state index contributed by atoms with van der Waals surface area (Å²) < 4.78 is 16.0. The summed E-state index contributed by atoms with van der Waals surface area (Å²) in [4.78, 5) is 0. The second kappa shape index (κ2) is 3.19. The van der Waals surface area contributed by atoms with Gasteiger partial charge >= 0.3 is 66.8 Å². The van der Waals surface area contributed by atoms with Gasteiger partial charge in [0, 0.05) is 0 Å². The zero-order valence-corrected chi connectivity index (χ0v) is 9.21. The Morgan fingerprint density at radius 2 is 2.33 bits per heavy atom. The molecule has 0 aliphatic carbocycles. The molecule has 9 heavy (non-hydrogen) atoms. The fraction of sp³-hybridized carbons (Fsp3) is 1.00. The van der Waals surface area contributed by atoms with Crippen LogP contribution >= 0.6 is 0 Å². The first-order chi connectivity index (χ1) is 4.27. The minimum absolute atomic E-state index is 0.0712. The maximum atomic E-state index is 10.6. The molecular formula is C5H11O2SiTi. The van der Waals surface area contributed by atoms with E-state index in [1.165, 1.54) is 6.42 Å². The average Bonchev–Trinajstić information content (AvgIpc) is 1.90. The van der Waals surface area contributed by atoms with Gasteiger partial charge in [-0.2, -0.15) is 0 Å². The van der Waals surface area contributed by atoms with Crippen LogP contribution in [-0.4, -0.2) is 20.4 Å². The second-order valence-corrected chi connectivity index (χ2v) is 7.79. The number of hydrogen-bond donors (Lipinski definition) is 0. The molecule has 0 amide bonds. The van der Waals surface area contributed by atoms with Crippen LogP contribution in [0.3, 0.4) is 0 Å². The van der Waals surface area contributed by atoms with Crippen LogP contribution in [0.1, 0.15) is 19.3 Å². The van der Waals surface area contributed by atoms with E-state index >= 15 is 0 Å². The Balaban J connectivity index is 2.46. The molecule has 0 aromatic rings. The summed E-state index contributed by atoms with van der Waals surface area (Å²) in [5, 5.41) is 0. The predicted octanol–water partition coefficient (Wildman–Crippen LogP) is -0.366. The molecule has 1 rings (SSSR count). The molecule has 0 aromatic heterocycles. The van der Waals surface area contributed by atoms with Crippen molar-refractivity contribution in [3.63, 3.8) is 0 Å². The van der Waals surface area contributed by atoms with Crippen molar-refractivity contribution in [2.75, 3.05) is 6.61 Å². The molecule has 1 heterocycles. The summed E-state index contributed by atoms with van der Waals surface area (Å²) in [6.45, 7) is 0.842. The van der Waals surface area contributed by atoms with Gasteiger partial charge in [0.25, 0.3) is 0 Å². The maximum absolute atomic E-state index is 10.6. The first-order valence-electron chi connectivity index (χ1n) is 3.30. The molecule has 0 radical (unpaired) electrons. The Labute approximate surface area is 67.0 Å². The van der Waals surface area contributed by atoms with Gasteiger partial charge in [0.15, 0.2) is 0 Å². The molecule has 51 valence electrons. The van der Waals surface area contributed by atoms with Gasteiger partial charge in [-0.3, -0.25) is 0 Å². The topological polar surface area (TPSA) is 26.3 Å². The van der Waals surface area contributed by atoms with Crippen LogP contribution in [-0.2, 0) is 27.2 Å². The van der Waals surface area contributed by atoms with Crippen molar-refractivity contribution in [2.45, 2.75) is 22.8 Å². The van der Waals surface area contributed by atoms with E-state index in [9.17, 15) is 3.32 Å². The van der Waals surface area contributed by atoms with Gasteiger partial charge in [0.2, 0.25) is 0 Å². The molecule has 0 N–H and O–H groups in total. The summed E-state index contributed by atoms with van der Waals surface area (Å²) in [7, 11) is 0.951. The SMILES string of the molecule is [O]=[Ti][C]1([SiH3])CCCCO1. The van der Waals surface area contributed by atoms with E-state index in [0.717, 1.165) is 29.7 Å². The molecule has 1 unspecified atom stereocenters. The van der Waals surface area contributed by atoms with Crippen LogP contribution in [0.15, 0.2) is 0 Å². The first kappa shape index (κ1) is 7.79. The molecule has 0 bridgehead atoms. The van der Waals surface area contributed by atoms with Crippen LogP contribution in [0.2, 0.25) is 0 Å². The second-order valence-electron chi connectivity index (χ2n) is 2.64. The third-order valence-electron chi connectivity index (χ3n) is 1.68. The monoisotopic (exact) mass is 179 g/mol. The molecule has 1 aliphatic rings. The molecule has 1 fully saturated rings. The van der Waals surface area contributed by atoms with Gasteiger partial charge in [-0.1, -0.05) is 0 Å². The van der Waals surface area contributed by atoms with E-state index in [-0.39, 0.29) is 3.53 Å². The van der Waals surface area contributed by atoms with Crippen molar-refractivity contribution in [2.24, 2.45) is 0 Å². The van der Waals surface area contributed by atoms with E-state index in [0.29, 0.717) is 0 Å². The Kier molecular flexibility index (Phi) is 2.76. The molecule has 1 atom stereocenters. The standard InChI is InChI=1S/C5H11OSi.O.Ti/c7-5-3-1-2-4-6-5;;/h1-4H2,7H3;;. The van der Waals surface area contributed by atoms with E-state index < -0.39 is 19.1 Å². The molecule has 1 saturated heterocycles. The van der Waals surface area contributed by atoms with Gasteiger partial charge in [0.05, 0.1) is 0 Å². The molecular weight excluding hydrogens is 168 g/mol. The Morgan fingerprint density at radius 3 is 2.67 bits per heavy atom. The van der Waals surface area contributed by atoms with Crippen molar-refractivity contribution in [3.8, 4) is 0 Å². The van der Waals surface area contributed by atoms with Crippen LogP contribution in [0.25, 0.3) is 0 Å².